The van der Waals surface area contributed by atoms with Crippen LogP contribution in [0.2, 0.25) is 0 Å². The van der Waals surface area contributed by atoms with Crippen molar-refractivity contribution in [3.63, 3.8) is 0 Å². The van der Waals surface area contributed by atoms with Crippen molar-refractivity contribution in [2.45, 2.75) is 25.9 Å². The Kier molecular flexibility index (Phi) is 8.74. The van der Waals surface area contributed by atoms with E-state index in [9.17, 15) is 4.79 Å². The molecule has 3 rings (SSSR count). The zero-order valence-corrected chi connectivity index (χ0v) is 15.0. The van der Waals surface area contributed by atoms with Crippen molar-refractivity contribution < 1.29 is 4.79 Å². The number of nitrogens with one attached hydrogen (secondary N) is 2. The molecule has 8 heteroatoms. The summed E-state index contributed by atoms with van der Waals surface area (Å²) in [5.74, 6) is 0.334. The van der Waals surface area contributed by atoms with Crippen LogP contribution in [0.5, 0.6) is 0 Å². The summed E-state index contributed by atoms with van der Waals surface area (Å²) in [5.41, 5.74) is 2.28. The van der Waals surface area contributed by atoms with Gasteiger partial charge in [0.1, 0.15) is 12.7 Å². The van der Waals surface area contributed by atoms with E-state index >= 15 is 0 Å². The predicted octanol–water partition coefficient (Wildman–Crippen LogP) is 1.79. The highest BCUT2D eigenvalue weighted by molar-refractivity contribution is 5.85. The Morgan fingerprint density at radius 1 is 1.17 bits per heavy atom. The molecule has 2 N–H and O–H groups in total. The SMILES string of the molecule is Cl.Cl.O=C(NCc1ccc(Cn2cncn2)cc1)C1CCNCC1. The fourth-order valence-corrected chi connectivity index (χ4v) is 2.68. The lowest BCUT2D eigenvalue weighted by Crippen LogP contribution is -2.37. The largest absolute Gasteiger partial charge is 0.352 e. The van der Waals surface area contributed by atoms with Crippen molar-refractivity contribution in [1.82, 2.24) is 25.4 Å². The van der Waals surface area contributed by atoms with E-state index in [2.05, 4.69) is 45.0 Å². The summed E-state index contributed by atoms with van der Waals surface area (Å²) in [6, 6.07) is 8.23. The molecule has 24 heavy (non-hydrogen) atoms. The third-order valence-corrected chi connectivity index (χ3v) is 4.01. The maximum atomic E-state index is 12.1. The van der Waals surface area contributed by atoms with Gasteiger partial charge in [0.2, 0.25) is 5.91 Å². The molecule has 1 fully saturated rings. The number of carbonyl (C=O) groups excluding carboxylic acids is 1. The van der Waals surface area contributed by atoms with Crippen LogP contribution in [-0.2, 0) is 17.9 Å². The number of piperidine rings is 1. The Bertz CT molecular complexity index is 597. The molecule has 1 aliphatic heterocycles. The number of nitrogens with zero attached hydrogens (tertiary/aromatic N) is 3. The van der Waals surface area contributed by atoms with E-state index in [0.29, 0.717) is 13.1 Å². The second-order valence-corrected chi connectivity index (χ2v) is 5.65. The third-order valence-electron chi connectivity index (χ3n) is 4.01. The number of carbonyl (C=O) groups is 1. The van der Waals surface area contributed by atoms with Crippen LogP contribution in [0.4, 0.5) is 0 Å². The van der Waals surface area contributed by atoms with Crippen LogP contribution >= 0.6 is 24.8 Å². The molecule has 0 spiro atoms. The summed E-state index contributed by atoms with van der Waals surface area (Å²) in [6.07, 6.45) is 5.10. The Balaban J connectivity index is 0.00000144. The number of halogens is 2. The minimum atomic E-state index is 0. The van der Waals surface area contributed by atoms with Gasteiger partial charge in [0, 0.05) is 12.5 Å². The van der Waals surface area contributed by atoms with Gasteiger partial charge >= 0.3 is 0 Å². The van der Waals surface area contributed by atoms with Gasteiger partial charge in [-0.1, -0.05) is 24.3 Å². The number of aromatic nitrogens is 3. The van der Waals surface area contributed by atoms with E-state index < -0.39 is 0 Å². The van der Waals surface area contributed by atoms with Crippen molar-refractivity contribution in [1.29, 1.82) is 0 Å². The molecule has 1 aromatic carbocycles. The zero-order valence-electron chi connectivity index (χ0n) is 13.4. The van der Waals surface area contributed by atoms with Crippen LogP contribution < -0.4 is 10.6 Å². The number of rotatable bonds is 5. The molecule has 2 heterocycles. The molecule has 1 amide bonds. The summed E-state index contributed by atoms with van der Waals surface area (Å²) < 4.78 is 1.79. The quantitative estimate of drug-likeness (QED) is 0.840. The fourth-order valence-electron chi connectivity index (χ4n) is 2.68. The van der Waals surface area contributed by atoms with Gasteiger partial charge in [-0.05, 0) is 37.1 Å². The Morgan fingerprint density at radius 3 is 2.46 bits per heavy atom. The molecule has 1 saturated heterocycles. The molecule has 0 aliphatic carbocycles. The first-order chi connectivity index (χ1) is 10.8. The van der Waals surface area contributed by atoms with Crippen LogP contribution in [-0.4, -0.2) is 33.8 Å². The first-order valence-corrected chi connectivity index (χ1v) is 7.70. The number of benzene rings is 1. The Hall–Kier alpha value is -1.63. The highest BCUT2D eigenvalue weighted by atomic mass is 35.5. The van der Waals surface area contributed by atoms with Gasteiger partial charge in [-0.2, -0.15) is 5.10 Å². The van der Waals surface area contributed by atoms with Gasteiger partial charge < -0.3 is 10.6 Å². The second-order valence-electron chi connectivity index (χ2n) is 5.65. The standard InChI is InChI=1S/C16H21N5O.2ClH/c22-16(15-5-7-17-8-6-15)19-9-13-1-3-14(4-2-13)10-21-12-18-11-20-21;;/h1-4,11-12,15,17H,5-10H2,(H,19,22);2*1H. The van der Waals surface area contributed by atoms with Crippen molar-refractivity contribution >= 4 is 30.7 Å². The highest BCUT2D eigenvalue weighted by Crippen LogP contribution is 2.12. The van der Waals surface area contributed by atoms with E-state index in [1.54, 1.807) is 11.0 Å². The fraction of sp³-hybridized carbons (Fsp3) is 0.438. The molecule has 0 radical (unpaired) electrons. The average Bonchev–Trinajstić information content (AvgIpc) is 3.08. The molecule has 132 valence electrons. The molecule has 1 aromatic heterocycles. The second kappa shape index (κ2) is 10.3. The Labute approximate surface area is 154 Å². The normalized spacial score (nSPS) is 14.3. The number of hydrogen-bond acceptors (Lipinski definition) is 4. The lowest BCUT2D eigenvalue weighted by molar-refractivity contribution is -0.125. The predicted molar refractivity (Wildman–Crippen MR) is 97.5 cm³/mol. The van der Waals surface area contributed by atoms with Crippen molar-refractivity contribution in [2.24, 2.45) is 5.92 Å². The monoisotopic (exact) mass is 371 g/mol. The maximum Gasteiger partial charge on any atom is 0.223 e. The van der Waals surface area contributed by atoms with Crippen molar-refractivity contribution in [3.05, 3.63) is 48.0 Å². The first kappa shape index (κ1) is 20.4. The van der Waals surface area contributed by atoms with Gasteiger partial charge in [-0.15, -0.1) is 24.8 Å². The third kappa shape index (κ3) is 5.78. The van der Waals surface area contributed by atoms with E-state index in [-0.39, 0.29) is 36.6 Å². The van der Waals surface area contributed by atoms with Crippen molar-refractivity contribution in [2.75, 3.05) is 13.1 Å². The molecular weight excluding hydrogens is 349 g/mol. The van der Waals surface area contributed by atoms with Crippen molar-refractivity contribution in [3.8, 4) is 0 Å². The van der Waals surface area contributed by atoms with Gasteiger partial charge in [0.05, 0.1) is 6.54 Å². The van der Waals surface area contributed by atoms with Crippen LogP contribution in [0.1, 0.15) is 24.0 Å². The summed E-state index contributed by atoms with van der Waals surface area (Å²) in [4.78, 5) is 16.0. The van der Waals surface area contributed by atoms with Gasteiger partial charge in [0.15, 0.2) is 0 Å². The zero-order chi connectivity index (χ0) is 15.2. The molecule has 1 aliphatic rings. The van der Waals surface area contributed by atoms with Gasteiger partial charge in [-0.3, -0.25) is 4.79 Å². The van der Waals surface area contributed by atoms with E-state index in [0.717, 1.165) is 31.5 Å². The van der Waals surface area contributed by atoms with Crippen LogP contribution in [0.15, 0.2) is 36.9 Å². The molecule has 2 aromatic rings. The topological polar surface area (TPSA) is 71.8 Å². The van der Waals surface area contributed by atoms with Gasteiger partial charge in [-0.25, -0.2) is 9.67 Å². The van der Waals surface area contributed by atoms with Crippen LogP contribution in [0, 0.1) is 5.92 Å². The smallest absolute Gasteiger partial charge is 0.223 e. The lowest BCUT2D eigenvalue weighted by Gasteiger charge is -2.21. The summed E-state index contributed by atoms with van der Waals surface area (Å²) in [7, 11) is 0. The Morgan fingerprint density at radius 2 is 1.83 bits per heavy atom. The number of hydrogen-bond donors (Lipinski definition) is 2. The lowest BCUT2D eigenvalue weighted by atomic mass is 9.97. The minimum Gasteiger partial charge on any atom is -0.352 e. The van der Waals surface area contributed by atoms with Gasteiger partial charge in [0.25, 0.3) is 0 Å². The summed E-state index contributed by atoms with van der Waals surface area (Å²) in [6.45, 7) is 3.18. The van der Waals surface area contributed by atoms with Crippen LogP contribution in [0.3, 0.4) is 0 Å². The molecular formula is C16H23Cl2N5O. The minimum absolute atomic E-state index is 0. The first-order valence-electron chi connectivity index (χ1n) is 7.70. The molecule has 0 unspecified atom stereocenters. The molecule has 0 atom stereocenters. The summed E-state index contributed by atoms with van der Waals surface area (Å²) in [5, 5.41) is 10.4. The molecule has 0 saturated carbocycles. The van der Waals surface area contributed by atoms with E-state index in [1.165, 1.54) is 11.9 Å². The van der Waals surface area contributed by atoms with Crippen LogP contribution in [0.25, 0.3) is 0 Å². The highest BCUT2D eigenvalue weighted by Gasteiger charge is 2.20. The molecule has 6 nitrogen and oxygen atoms in total. The summed E-state index contributed by atoms with van der Waals surface area (Å²) >= 11 is 0. The molecule has 0 bridgehead atoms. The average molecular weight is 372 g/mol. The van der Waals surface area contributed by atoms with E-state index in [4.69, 9.17) is 0 Å². The maximum absolute atomic E-state index is 12.1. The van der Waals surface area contributed by atoms with E-state index in [1.807, 2.05) is 0 Å². The number of amides is 1.